The average molecular weight is 579 g/mol. The van der Waals surface area contributed by atoms with Gasteiger partial charge in [0.1, 0.15) is 11.2 Å². The second-order valence-electron chi connectivity index (χ2n) is 12.3. The summed E-state index contributed by atoms with van der Waals surface area (Å²) in [5.74, 6) is 0. The van der Waals surface area contributed by atoms with Crippen molar-refractivity contribution < 1.29 is 4.42 Å². The number of aromatic nitrogens is 2. The normalized spacial score (nSPS) is 16.4. The minimum atomic E-state index is 0.256. The molecule has 0 spiro atoms. The molecule has 2 aliphatic rings. The van der Waals surface area contributed by atoms with Gasteiger partial charge in [-0.2, -0.15) is 0 Å². The molecule has 0 radical (unpaired) electrons. The molecule has 2 aliphatic carbocycles. The molecule has 1 unspecified atom stereocenters. The van der Waals surface area contributed by atoms with E-state index in [4.69, 9.17) is 4.42 Å². The molecule has 3 heterocycles. The van der Waals surface area contributed by atoms with Gasteiger partial charge < -0.3 is 13.6 Å². The summed E-state index contributed by atoms with van der Waals surface area (Å²) in [5, 5.41) is 6.04. The molecule has 45 heavy (non-hydrogen) atoms. The van der Waals surface area contributed by atoms with Crippen LogP contribution >= 0.6 is 0 Å². The third kappa shape index (κ3) is 3.52. The largest absolute Gasteiger partial charge is 0.455 e. The van der Waals surface area contributed by atoms with Gasteiger partial charge >= 0.3 is 0 Å². The van der Waals surface area contributed by atoms with Crippen LogP contribution in [-0.2, 0) is 6.42 Å². The van der Waals surface area contributed by atoms with E-state index in [1.807, 2.05) is 6.07 Å². The first-order valence-electron chi connectivity index (χ1n) is 15.9. The van der Waals surface area contributed by atoms with Crippen molar-refractivity contribution in [1.82, 2.24) is 9.13 Å². The van der Waals surface area contributed by atoms with E-state index in [0.29, 0.717) is 0 Å². The maximum Gasteiger partial charge on any atom is 0.145 e. The topological polar surface area (TPSA) is 23.0 Å². The molecule has 5 aromatic carbocycles. The van der Waals surface area contributed by atoms with Gasteiger partial charge in [-0.05, 0) is 61.2 Å². The van der Waals surface area contributed by atoms with Crippen LogP contribution in [0.15, 0.2) is 138 Å². The van der Waals surface area contributed by atoms with Crippen LogP contribution < -0.4 is 0 Å². The molecule has 3 aromatic heterocycles. The Morgan fingerprint density at radius 3 is 2.33 bits per heavy atom. The number of para-hydroxylation sites is 4. The summed E-state index contributed by atoms with van der Waals surface area (Å²) in [6.45, 7) is 0. The van der Waals surface area contributed by atoms with Gasteiger partial charge in [0.05, 0.1) is 28.1 Å². The highest BCUT2D eigenvalue weighted by Crippen LogP contribution is 2.43. The van der Waals surface area contributed by atoms with Crippen LogP contribution in [-0.4, -0.2) is 9.13 Å². The Bertz CT molecular complexity index is 2580. The van der Waals surface area contributed by atoms with E-state index in [9.17, 15) is 0 Å². The first kappa shape index (κ1) is 24.9. The zero-order chi connectivity index (χ0) is 29.5. The van der Waals surface area contributed by atoms with E-state index in [1.165, 1.54) is 55.3 Å². The molecule has 3 nitrogen and oxygen atoms in total. The maximum absolute atomic E-state index is 6.56. The van der Waals surface area contributed by atoms with E-state index >= 15 is 0 Å². The van der Waals surface area contributed by atoms with Gasteiger partial charge in [-0.3, -0.25) is 0 Å². The van der Waals surface area contributed by atoms with Crippen LogP contribution in [0.3, 0.4) is 0 Å². The van der Waals surface area contributed by atoms with Gasteiger partial charge in [-0.1, -0.05) is 103 Å². The molecule has 0 saturated carbocycles. The highest BCUT2D eigenvalue weighted by atomic mass is 16.3. The molecular formula is C42H30N2O. The van der Waals surface area contributed by atoms with E-state index < -0.39 is 0 Å². The fraction of sp³-hybridized carbons (Fsp3) is 0.0952. The second-order valence-corrected chi connectivity index (χ2v) is 12.3. The van der Waals surface area contributed by atoms with Crippen LogP contribution in [0.5, 0.6) is 0 Å². The van der Waals surface area contributed by atoms with Crippen molar-refractivity contribution in [3.05, 3.63) is 150 Å². The van der Waals surface area contributed by atoms with Crippen LogP contribution in [0.1, 0.15) is 35.7 Å². The first-order valence-corrected chi connectivity index (χ1v) is 15.9. The lowest BCUT2D eigenvalue weighted by molar-refractivity contribution is 0.600. The molecule has 0 amide bonds. The van der Waals surface area contributed by atoms with Crippen molar-refractivity contribution in [2.24, 2.45) is 0 Å². The monoisotopic (exact) mass is 578 g/mol. The van der Waals surface area contributed by atoms with Crippen molar-refractivity contribution in [2.45, 2.75) is 25.3 Å². The molecule has 0 N–H and O–H groups in total. The Labute approximate surface area is 260 Å². The van der Waals surface area contributed by atoms with Gasteiger partial charge in [-0.25, -0.2) is 0 Å². The summed E-state index contributed by atoms with van der Waals surface area (Å²) in [6, 6.07) is 39.6. The number of hydrogen-bond acceptors (Lipinski definition) is 1. The summed E-state index contributed by atoms with van der Waals surface area (Å²) in [4.78, 5) is 0. The van der Waals surface area contributed by atoms with Crippen molar-refractivity contribution in [3.63, 3.8) is 0 Å². The minimum absolute atomic E-state index is 0.256. The number of rotatable bonds is 3. The smallest absolute Gasteiger partial charge is 0.145 e. The summed E-state index contributed by atoms with van der Waals surface area (Å²) in [6.07, 6.45) is 15.0. The first-order chi connectivity index (χ1) is 22.3. The Balaban J connectivity index is 1.20. The molecule has 0 saturated heterocycles. The van der Waals surface area contributed by atoms with Crippen LogP contribution in [0.2, 0.25) is 0 Å². The lowest BCUT2D eigenvalue weighted by atomic mass is 9.94. The third-order valence-corrected chi connectivity index (χ3v) is 9.90. The number of allylic oxidation sites excluding steroid dienone is 5. The minimum Gasteiger partial charge on any atom is -0.455 e. The number of nitrogens with zero attached hydrogens (tertiary/aromatic N) is 2. The molecule has 0 bridgehead atoms. The Hall–Kier alpha value is -5.54. The van der Waals surface area contributed by atoms with E-state index in [1.54, 1.807) is 0 Å². The predicted molar refractivity (Wildman–Crippen MR) is 188 cm³/mol. The number of furan rings is 1. The Morgan fingerprint density at radius 1 is 0.622 bits per heavy atom. The van der Waals surface area contributed by atoms with Gasteiger partial charge in [0.15, 0.2) is 0 Å². The molecule has 0 fully saturated rings. The maximum atomic E-state index is 6.56. The zero-order valence-corrected chi connectivity index (χ0v) is 24.8. The van der Waals surface area contributed by atoms with Gasteiger partial charge in [0.25, 0.3) is 0 Å². The quantitative estimate of drug-likeness (QED) is 0.204. The lowest BCUT2D eigenvalue weighted by Gasteiger charge is -2.24. The molecule has 10 rings (SSSR count). The van der Waals surface area contributed by atoms with Gasteiger partial charge in [0, 0.05) is 43.9 Å². The highest BCUT2D eigenvalue weighted by molar-refractivity contribution is 6.24. The van der Waals surface area contributed by atoms with E-state index in [-0.39, 0.29) is 6.04 Å². The summed E-state index contributed by atoms with van der Waals surface area (Å²) in [5.41, 5.74) is 12.1. The van der Waals surface area contributed by atoms with Crippen LogP contribution in [0.25, 0.3) is 72.0 Å². The lowest BCUT2D eigenvalue weighted by Crippen LogP contribution is -2.13. The van der Waals surface area contributed by atoms with Crippen molar-refractivity contribution in [1.29, 1.82) is 0 Å². The third-order valence-electron chi connectivity index (χ3n) is 9.90. The van der Waals surface area contributed by atoms with Crippen LogP contribution in [0, 0.1) is 0 Å². The molecule has 3 heteroatoms. The zero-order valence-electron chi connectivity index (χ0n) is 24.8. The molecule has 1 atom stereocenters. The summed E-state index contributed by atoms with van der Waals surface area (Å²) >= 11 is 0. The second kappa shape index (κ2) is 9.48. The highest BCUT2D eigenvalue weighted by Gasteiger charge is 2.24. The van der Waals surface area contributed by atoms with E-state index in [2.05, 4.69) is 143 Å². The van der Waals surface area contributed by atoms with Gasteiger partial charge in [-0.15, -0.1) is 0 Å². The van der Waals surface area contributed by atoms with Gasteiger partial charge in [0.2, 0.25) is 0 Å². The number of fused-ring (bicyclic) bond motifs is 10. The number of benzene rings is 5. The molecule has 214 valence electrons. The Kier molecular flexibility index (Phi) is 5.23. The fourth-order valence-corrected chi connectivity index (χ4v) is 8.02. The summed E-state index contributed by atoms with van der Waals surface area (Å²) < 4.78 is 11.6. The average Bonchev–Trinajstić information content (AvgIpc) is 3.76. The Morgan fingerprint density at radius 2 is 1.40 bits per heavy atom. The van der Waals surface area contributed by atoms with Crippen molar-refractivity contribution in [3.8, 4) is 5.69 Å². The van der Waals surface area contributed by atoms with Crippen LogP contribution in [0.4, 0.5) is 0 Å². The fourth-order valence-electron chi connectivity index (χ4n) is 8.02. The van der Waals surface area contributed by atoms with Crippen molar-refractivity contribution >= 4 is 66.3 Å². The summed E-state index contributed by atoms with van der Waals surface area (Å²) in [7, 11) is 0. The van der Waals surface area contributed by atoms with E-state index in [0.717, 1.165) is 46.7 Å². The predicted octanol–water partition coefficient (Wildman–Crippen LogP) is 11.2. The molecular weight excluding hydrogens is 548 g/mol. The standard InChI is InChI=1S/C42H30N2O/c1-6-19-35(44-38-22-9-4-18-34(38)41-39(44)25-24-33-32-17-5-10-23-40(32)45-42(33)41)29(14-1)27-12-11-13-28(26-27)43-36-20-7-2-15-30(36)31-16-3-8-21-37(31)43/h1-7,9-12,14-20,22-26,28H,8,13,21H2. The SMILES string of the molecule is C1=Cc2c(n(C3C=C(c4ccccc4-n4c5ccccc5c5c6oc7ccccc7c6ccc54)C=CC3)c3ccccc23)CC1. The van der Waals surface area contributed by atoms with Crippen molar-refractivity contribution in [2.75, 3.05) is 0 Å². The molecule has 0 aliphatic heterocycles. The number of hydrogen-bond donors (Lipinski definition) is 0. The molecule has 8 aromatic rings.